The van der Waals surface area contributed by atoms with Crippen LogP contribution in [0.5, 0.6) is 0 Å². The van der Waals surface area contributed by atoms with Gasteiger partial charge >= 0.3 is 0 Å². The second-order valence-corrected chi connectivity index (χ2v) is 4.48. The molecule has 0 bridgehead atoms. The second-order valence-electron chi connectivity index (χ2n) is 4.48. The summed E-state index contributed by atoms with van der Waals surface area (Å²) in [6.45, 7) is 2.59. The summed E-state index contributed by atoms with van der Waals surface area (Å²) in [7, 11) is 1.79. The molecule has 2 aromatic rings. The molecule has 1 amide bonds. The number of aromatic nitrogens is 3. The Labute approximate surface area is 105 Å². The molecule has 2 aromatic heterocycles. The smallest absolute Gasteiger partial charge is 0.276 e. The van der Waals surface area contributed by atoms with Gasteiger partial charge in [0.1, 0.15) is 5.69 Å². The van der Waals surface area contributed by atoms with E-state index >= 15 is 0 Å². The summed E-state index contributed by atoms with van der Waals surface area (Å²) in [6.07, 6.45) is 4.30. The number of fused-ring (bicyclic) bond motifs is 1. The molecule has 0 spiro atoms. The summed E-state index contributed by atoms with van der Waals surface area (Å²) in [4.78, 5) is 18.6. The molecule has 0 N–H and O–H groups in total. The van der Waals surface area contributed by atoms with E-state index < -0.39 is 0 Å². The Bertz CT molecular complexity index is 598. The Morgan fingerprint density at radius 2 is 2.28 bits per heavy atom. The summed E-state index contributed by atoms with van der Waals surface area (Å²) >= 11 is 0. The highest BCUT2D eigenvalue weighted by atomic mass is 16.2. The lowest BCUT2D eigenvalue weighted by molar-refractivity contribution is 0.0980. The quantitative estimate of drug-likeness (QED) is 0.758. The SMILES string of the molecule is Cc1cnn(C)c1C(=O)N1CCc2ncccc21. The van der Waals surface area contributed by atoms with Gasteiger partial charge in [-0.05, 0) is 24.6 Å². The van der Waals surface area contributed by atoms with Gasteiger partial charge in [0.05, 0.1) is 17.6 Å². The first kappa shape index (κ1) is 11.0. The maximum atomic E-state index is 12.5. The Kier molecular flexibility index (Phi) is 2.40. The van der Waals surface area contributed by atoms with Crippen molar-refractivity contribution in [3.63, 3.8) is 0 Å². The number of amides is 1. The number of aryl methyl sites for hydroxylation is 2. The highest BCUT2D eigenvalue weighted by Gasteiger charge is 2.28. The third kappa shape index (κ3) is 1.51. The van der Waals surface area contributed by atoms with Crippen molar-refractivity contribution in [2.45, 2.75) is 13.3 Å². The molecule has 3 heterocycles. The highest BCUT2D eigenvalue weighted by molar-refractivity contribution is 6.06. The van der Waals surface area contributed by atoms with Gasteiger partial charge in [-0.1, -0.05) is 0 Å². The van der Waals surface area contributed by atoms with Crippen molar-refractivity contribution in [3.05, 3.63) is 41.5 Å². The van der Waals surface area contributed by atoms with Crippen LogP contribution in [0.1, 0.15) is 21.7 Å². The van der Waals surface area contributed by atoms with Crippen LogP contribution in [0.2, 0.25) is 0 Å². The molecule has 5 heteroatoms. The van der Waals surface area contributed by atoms with Gasteiger partial charge in [-0.15, -0.1) is 0 Å². The number of nitrogens with zero attached hydrogens (tertiary/aromatic N) is 4. The first-order chi connectivity index (χ1) is 8.68. The summed E-state index contributed by atoms with van der Waals surface area (Å²) in [6, 6.07) is 3.81. The minimum Gasteiger partial charge on any atom is -0.305 e. The normalized spacial score (nSPS) is 13.8. The zero-order chi connectivity index (χ0) is 12.7. The standard InChI is InChI=1S/C13H14N4O/c1-9-8-15-16(2)12(9)13(18)17-7-5-10-11(17)4-3-6-14-10/h3-4,6,8H,5,7H2,1-2H3. The molecule has 1 aliphatic rings. The molecule has 1 aliphatic heterocycles. The molecule has 0 atom stereocenters. The minimum atomic E-state index is -0.000694. The highest BCUT2D eigenvalue weighted by Crippen LogP contribution is 2.27. The van der Waals surface area contributed by atoms with Crippen LogP contribution in [0.15, 0.2) is 24.5 Å². The third-order valence-electron chi connectivity index (χ3n) is 3.30. The Balaban J connectivity index is 2.01. The Hall–Kier alpha value is -2.17. The van der Waals surface area contributed by atoms with E-state index in [2.05, 4.69) is 10.1 Å². The van der Waals surface area contributed by atoms with Gasteiger partial charge in [-0.25, -0.2) is 0 Å². The van der Waals surface area contributed by atoms with Gasteiger partial charge in [-0.2, -0.15) is 5.10 Å². The van der Waals surface area contributed by atoms with E-state index in [1.165, 1.54) is 0 Å². The molecule has 0 aromatic carbocycles. The van der Waals surface area contributed by atoms with Gasteiger partial charge in [0.25, 0.3) is 5.91 Å². The molecule has 0 radical (unpaired) electrons. The molecule has 92 valence electrons. The van der Waals surface area contributed by atoms with Gasteiger partial charge < -0.3 is 4.90 Å². The number of rotatable bonds is 1. The van der Waals surface area contributed by atoms with Crippen LogP contribution in [-0.2, 0) is 13.5 Å². The molecule has 0 aliphatic carbocycles. The van der Waals surface area contributed by atoms with E-state index in [-0.39, 0.29) is 5.91 Å². The second kappa shape index (κ2) is 3.94. The number of carbonyl (C=O) groups excluding carboxylic acids is 1. The van der Waals surface area contributed by atoms with Crippen molar-refractivity contribution in [2.24, 2.45) is 7.05 Å². The van der Waals surface area contributed by atoms with Gasteiger partial charge in [-0.3, -0.25) is 14.5 Å². The first-order valence-corrected chi connectivity index (χ1v) is 5.93. The van der Waals surface area contributed by atoms with E-state index in [1.54, 1.807) is 29.0 Å². The molecule has 0 unspecified atom stereocenters. The van der Waals surface area contributed by atoms with Crippen LogP contribution in [-0.4, -0.2) is 27.2 Å². The van der Waals surface area contributed by atoms with Crippen LogP contribution in [0, 0.1) is 6.92 Å². The molecule has 0 saturated carbocycles. The van der Waals surface area contributed by atoms with E-state index in [1.807, 2.05) is 19.1 Å². The van der Waals surface area contributed by atoms with Crippen LogP contribution in [0.4, 0.5) is 5.69 Å². The first-order valence-electron chi connectivity index (χ1n) is 5.93. The van der Waals surface area contributed by atoms with Crippen molar-refractivity contribution in [1.82, 2.24) is 14.8 Å². The number of pyridine rings is 1. The lowest BCUT2D eigenvalue weighted by Crippen LogP contribution is -2.31. The van der Waals surface area contributed by atoms with Crippen molar-refractivity contribution in [2.75, 3.05) is 11.4 Å². The summed E-state index contributed by atoms with van der Waals surface area (Å²) in [5.41, 5.74) is 3.46. The monoisotopic (exact) mass is 242 g/mol. The number of hydrogen-bond acceptors (Lipinski definition) is 3. The average Bonchev–Trinajstić information content (AvgIpc) is 2.93. The van der Waals surface area contributed by atoms with Crippen LogP contribution < -0.4 is 4.90 Å². The fourth-order valence-corrected chi connectivity index (χ4v) is 2.40. The summed E-state index contributed by atoms with van der Waals surface area (Å²) < 4.78 is 1.63. The van der Waals surface area contributed by atoms with Crippen LogP contribution >= 0.6 is 0 Å². The Morgan fingerprint density at radius 3 is 3.00 bits per heavy atom. The topological polar surface area (TPSA) is 51.0 Å². The molecular weight excluding hydrogens is 228 g/mol. The molecular formula is C13H14N4O. The lowest BCUT2D eigenvalue weighted by Gasteiger charge is -2.17. The summed E-state index contributed by atoms with van der Waals surface area (Å²) in [5.74, 6) is -0.000694. The van der Waals surface area contributed by atoms with E-state index in [9.17, 15) is 4.79 Å². The minimum absolute atomic E-state index is 0.000694. The molecule has 0 fully saturated rings. The Morgan fingerprint density at radius 1 is 1.44 bits per heavy atom. The van der Waals surface area contributed by atoms with Gasteiger partial charge in [0.2, 0.25) is 0 Å². The fraction of sp³-hybridized carbons (Fsp3) is 0.308. The van der Waals surface area contributed by atoms with Gasteiger partial charge in [0.15, 0.2) is 0 Å². The van der Waals surface area contributed by atoms with Gasteiger partial charge in [0, 0.05) is 26.2 Å². The molecule has 0 saturated heterocycles. The maximum absolute atomic E-state index is 12.5. The van der Waals surface area contributed by atoms with E-state index in [0.717, 1.165) is 23.4 Å². The van der Waals surface area contributed by atoms with E-state index in [0.29, 0.717) is 12.2 Å². The summed E-state index contributed by atoms with van der Waals surface area (Å²) in [5, 5.41) is 4.12. The average molecular weight is 242 g/mol. The molecule has 5 nitrogen and oxygen atoms in total. The molecule has 3 rings (SSSR count). The predicted octanol–water partition coefficient (Wildman–Crippen LogP) is 1.33. The third-order valence-corrected chi connectivity index (χ3v) is 3.30. The van der Waals surface area contributed by atoms with Crippen LogP contribution in [0.3, 0.4) is 0 Å². The zero-order valence-electron chi connectivity index (χ0n) is 10.4. The zero-order valence-corrected chi connectivity index (χ0v) is 10.4. The van der Waals surface area contributed by atoms with E-state index in [4.69, 9.17) is 0 Å². The molecule has 18 heavy (non-hydrogen) atoms. The number of anilines is 1. The fourth-order valence-electron chi connectivity index (χ4n) is 2.40. The van der Waals surface area contributed by atoms with Crippen molar-refractivity contribution in [3.8, 4) is 0 Å². The predicted molar refractivity (Wildman–Crippen MR) is 67.6 cm³/mol. The lowest BCUT2D eigenvalue weighted by atomic mass is 10.2. The largest absolute Gasteiger partial charge is 0.305 e. The van der Waals surface area contributed by atoms with Crippen molar-refractivity contribution < 1.29 is 4.79 Å². The van der Waals surface area contributed by atoms with Crippen LogP contribution in [0.25, 0.3) is 0 Å². The van der Waals surface area contributed by atoms with Crippen molar-refractivity contribution >= 4 is 11.6 Å². The number of carbonyl (C=O) groups is 1. The van der Waals surface area contributed by atoms with Crippen molar-refractivity contribution in [1.29, 1.82) is 0 Å². The number of hydrogen-bond donors (Lipinski definition) is 0. The maximum Gasteiger partial charge on any atom is 0.276 e.